The predicted molar refractivity (Wildman–Crippen MR) is 70.2 cm³/mol. The van der Waals surface area contributed by atoms with Crippen LogP contribution in [0.4, 0.5) is 4.79 Å². The summed E-state index contributed by atoms with van der Waals surface area (Å²) in [6.45, 7) is 3.40. The van der Waals surface area contributed by atoms with E-state index in [-0.39, 0.29) is 11.8 Å². The number of amides is 1. The Morgan fingerprint density at radius 2 is 1.95 bits per heavy atom. The van der Waals surface area contributed by atoms with Crippen molar-refractivity contribution in [3.05, 3.63) is 18.7 Å². The molecule has 0 aliphatic carbocycles. The number of hydrogen-bond acceptors (Lipinski definition) is 4. The smallest absolute Gasteiger partial charge is 0.321 e. The standard InChI is InChI=1S/C11H18N4O3S/c1-2-9-19(17,18)15-7-5-13(6-8-15)11(16)14-4-3-12-10-14/h3-4,10H,2,5-9H2,1H3. The minimum Gasteiger partial charge on any atom is -0.321 e. The fourth-order valence-electron chi connectivity index (χ4n) is 2.08. The van der Waals surface area contributed by atoms with Crippen molar-refractivity contribution in [1.29, 1.82) is 0 Å². The number of rotatable bonds is 3. The maximum atomic E-state index is 12.0. The zero-order valence-electron chi connectivity index (χ0n) is 10.9. The fraction of sp³-hybridized carbons (Fsp3) is 0.636. The monoisotopic (exact) mass is 286 g/mol. The molecular weight excluding hydrogens is 268 g/mol. The Hall–Kier alpha value is -1.41. The molecule has 0 bridgehead atoms. The molecular formula is C11H18N4O3S. The molecule has 0 saturated carbocycles. The van der Waals surface area contributed by atoms with Gasteiger partial charge in [-0.3, -0.25) is 4.57 Å². The van der Waals surface area contributed by atoms with Gasteiger partial charge in [0.2, 0.25) is 10.0 Å². The second-order valence-corrected chi connectivity index (χ2v) is 6.54. The number of nitrogens with zero attached hydrogens (tertiary/aromatic N) is 4. The van der Waals surface area contributed by atoms with Crippen molar-refractivity contribution in [2.45, 2.75) is 13.3 Å². The molecule has 106 valence electrons. The van der Waals surface area contributed by atoms with Gasteiger partial charge in [-0.05, 0) is 6.42 Å². The number of sulfonamides is 1. The minimum atomic E-state index is -3.16. The summed E-state index contributed by atoms with van der Waals surface area (Å²) in [6.07, 6.45) is 5.18. The van der Waals surface area contributed by atoms with Gasteiger partial charge in [0.25, 0.3) is 0 Å². The summed E-state index contributed by atoms with van der Waals surface area (Å²) in [6, 6.07) is -0.162. The van der Waals surface area contributed by atoms with Crippen molar-refractivity contribution in [1.82, 2.24) is 18.8 Å². The summed E-state index contributed by atoms with van der Waals surface area (Å²) in [5.41, 5.74) is 0. The van der Waals surface area contributed by atoms with Gasteiger partial charge in [0, 0.05) is 38.6 Å². The van der Waals surface area contributed by atoms with Crippen molar-refractivity contribution >= 4 is 16.1 Å². The Balaban J connectivity index is 1.94. The van der Waals surface area contributed by atoms with Gasteiger partial charge in [-0.2, -0.15) is 4.31 Å². The van der Waals surface area contributed by atoms with E-state index in [2.05, 4.69) is 4.98 Å². The summed E-state index contributed by atoms with van der Waals surface area (Å²) >= 11 is 0. The number of aromatic nitrogens is 2. The molecule has 19 heavy (non-hydrogen) atoms. The van der Waals surface area contributed by atoms with Gasteiger partial charge < -0.3 is 4.90 Å². The van der Waals surface area contributed by atoms with E-state index in [0.29, 0.717) is 32.6 Å². The molecule has 0 spiro atoms. The molecule has 0 aromatic carbocycles. The summed E-state index contributed by atoms with van der Waals surface area (Å²) in [5, 5.41) is 0. The molecule has 8 heteroatoms. The second kappa shape index (κ2) is 5.70. The van der Waals surface area contributed by atoms with Crippen molar-refractivity contribution in [3.63, 3.8) is 0 Å². The lowest BCUT2D eigenvalue weighted by atomic mass is 10.4. The Bertz CT molecular complexity index is 518. The average Bonchev–Trinajstić information content (AvgIpc) is 2.92. The first-order valence-corrected chi connectivity index (χ1v) is 7.90. The van der Waals surface area contributed by atoms with E-state index < -0.39 is 10.0 Å². The zero-order chi connectivity index (χ0) is 13.9. The second-order valence-electron chi connectivity index (χ2n) is 4.45. The first kappa shape index (κ1) is 14.0. The maximum Gasteiger partial charge on any atom is 0.329 e. The number of carbonyl (C=O) groups is 1. The highest BCUT2D eigenvalue weighted by Gasteiger charge is 2.28. The van der Waals surface area contributed by atoms with Gasteiger partial charge in [-0.1, -0.05) is 6.92 Å². The molecule has 0 radical (unpaired) electrons. The van der Waals surface area contributed by atoms with E-state index in [4.69, 9.17) is 0 Å². The molecule has 2 heterocycles. The van der Waals surface area contributed by atoms with Crippen LogP contribution in [0.3, 0.4) is 0 Å². The normalized spacial score (nSPS) is 17.6. The Morgan fingerprint density at radius 3 is 2.47 bits per heavy atom. The molecule has 0 N–H and O–H groups in total. The fourth-order valence-corrected chi connectivity index (χ4v) is 3.57. The first-order valence-electron chi connectivity index (χ1n) is 6.29. The quantitative estimate of drug-likeness (QED) is 0.796. The number of piperazine rings is 1. The Labute approximate surface area is 112 Å². The third-order valence-electron chi connectivity index (χ3n) is 3.09. The predicted octanol–water partition coefficient (Wildman–Crippen LogP) is 0.209. The molecule has 1 saturated heterocycles. The summed E-state index contributed by atoms with van der Waals surface area (Å²) in [4.78, 5) is 17.5. The first-order chi connectivity index (χ1) is 9.04. The minimum absolute atomic E-state index is 0.162. The van der Waals surface area contributed by atoms with Gasteiger partial charge >= 0.3 is 6.03 Å². The van der Waals surface area contributed by atoms with Crippen LogP contribution >= 0.6 is 0 Å². The summed E-state index contributed by atoms with van der Waals surface area (Å²) in [7, 11) is -3.16. The molecule has 1 aromatic heterocycles. The lowest BCUT2D eigenvalue weighted by molar-refractivity contribution is 0.173. The average molecular weight is 286 g/mol. The van der Waals surface area contributed by atoms with E-state index in [1.807, 2.05) is 6.92 Å². The van der Waals surface area contributed by atoms with Crippen LogP contribution in [0.25, 0.3) is 0 Å². The van der Waals surface area contributed by atoms with Crippen LogP contribution in [0.2, 0.25) is 0 Å². The molecule has 1 aromatic rings. The van der Waals surface area contributed by atoms with Crippen LogP contribution in [0.1, 0.15) is 13.3 Å². The third-order valence-corrected chi connectivity index (χ3v) is 5.17. The van der Waals surface area contributed by atoms with Crippen LogP contribution in [0.15, 0.2) is 18.7 Å². The van der Waals surface area contributed by atoms with Crippen LogP contribution in [0, 0.1) is 0 Å². The van der Waals surface area contributed by atoms with Gasteiger partial charge in [0.15, 0.2) is 0 Å². The van der Waals surface area contributed by atoms with Gasteiger partial charge in [-0.25, -0.2) is 18.2 Å². The van der Waals surface area contributed by atoms with Crippen molar-refractivity contribution in [2.24, 2.45) is 0 Å². The van der Waals surface area contributed by atoms with Crippen LogP contribution in [0.5, 0.6) is 0 Å². The highest BCUT2D eigenvalue weighted by atomic mass is 32.2. The summed E-state index contributed by atoms with van der Waals surface area (Å²) in [5.74, 6) is 0.169. The van der Waals surface area contributed by atoms with Gasteiger partial charge in [0.1, 0.15) is 6.33 Å². The third kappa shape index (κ3) is 3.13. The highest BCUT2D eigenvalue weighted by Crippen LogP contribution is 2.10. The largest absolute Gasteiger partial charge is 0.329 e. The van der Waals surface area contributed by atoms with E-state index in [1.165, 1.54) is 15.2 Å². The van der Waals surface area contributed by atoms with E-state index in [9.17, 15) is 13.2 Å². The molecule has 7 nitrogen and oxygen atoms in total. The SMILES string of the molecule is CCCS(=O)(=O)N1CCN(C(=O)n2ccnc2)CC1. The number of hydrogen-bond donors (Lipinski definition) is 0. The van der Waals surface area contributed by atoms with Crippen LogP contribution in [-0.4, -0.2) is 65.1 Å². The topological polar surface area (TPSA) is 75.5 Å². The van der Waals surface area contributed by atoms with E-state index in [0.717, 1.165) is 0 Å². The lowest BCUT2D eigenvalue weighted by Gasteiger charge is -2.33. The molecule has 1 aliphatic rings. The van der Waals surface area contributed by atoms with Crippen molar-refractivity contribution < 1.29 is 13.2 Å². The van der Waals surface area contributed by atoms with Gasteiger partial charge in [-0.15, -0.1) is 0 Å². The molecule has 2 rings (SSSR count). The van der Waals surface area contributed by atoms with Crippen molar-refractivity contribution in [3.8, 4) is 0 Å². The molecule has 1 amide bonds. The van der Waals surface area contributed by atoms with Crippen LogP contribution in [-0.2, 0) is 10.0 Å². The Morgan fingerprint density at radius 1 is 1.26 bits per heavy atom. The van der Waals surface area contributed by atoms with E-state index >= 15 is 0 Å². The molecule has 1 fully saturated rings. The maximum absolute atomic E-state index is 12.0. The Kier molecular flexibility index (Phi) is 4.20. The highest BCUT2D eigenvalue weighted by molar-refractivity contribution is 7.89. The molecule has 0 unspecified atom stereocenters. The summed E-state index contributed by atoms with van der Waals surface area (Å²) < 4.78 is 26.7. The van der Waals surface area contributed by atoms with Gasteiger partial charge in [0.05, 0.1) is 5.75 Å². The number of imidazole rings is 1. The molecule has 0 atom stereocenters. The lowest BCUT2D eigenvalue weighted by Crippen LogP contribution is -2.51. The molecule has 1 aliphatic heterocycles. The number of carbonyl (C=O) groups excluding carboxylic acids is 1. The van der Waals surface area contributed by atoms with Crippen LogP contribution < -0.4 is 0 Å². The van der Waals surface area contributed by atoms with Crippen molar-refractivity contribution in [2.75, 3.05) is 31.9 Å². The van der Waals surface area contributed by atoms with E-state index in [1.54, 1.807) is 17.3 Å². The zero-order valence-corrected chi connectivity index (χ0v) is 11.7.